The monoisotopic (exact) mass is 587 g/mol. The van der Waals surface area contributed by atoms with Gasteiger partial charge in [0.15, 0.2) is 21.3 Å². The fourth-order valence-electron chi connectivity index (χ4n) is 5.08. The Kier molecular flexibility index (Phi) is 6.06. The van der Waals surface area contributed by atoms with Crippen LogP contribution in [0.15, 0.2) is 41.3 Å². The summed E-state index contributed by atoms with van der Waals surface area (Å²) in [5.41, 5.74) is 1.30. The number of nitrogens with one attached hydrogen (secondary N) is 1. The molecule has 6 rings (SSSR count). The van der Waals surface area contributed by atoms with Crippen molar-refractivity contribution in [3.63, 3.8) is 0 Å². The Balaban J connectivity index is 1.22. The van der Waals surface area contributed by atoms with Crippen LogP contribution in [0.2, 0.25) is 0 Å². The van der Waals surface area contributed by atoms with Crippen molar-refractivity contribution < 1.29 is 17.6 Å². The van der Waals surface area contributed by atoms with Crippen molar-refractivity contribution in [3.05, 3.63) is 47.1 Å². The van der Waals surface area contributed by atoms with Gasteiger partial charge in [-0.3, -0.25) is 9.78 Å². The molecule has 3 aromatic heterocycles. The lowest BCUT2D eigenvalue weighted by Crippen LogP contribution is -2.46. The molecule has 1 aliphatic heterocycles. The maximum Gasteiger partial charge on any atom is 0.225 e. The van der Waals surface area contributed by atoms with Crippen LogP contribution in [-0.4, -0.2) is 74.6 Å². The highest BCUT2D eigenvalue weighted by atomic mass is 79.9. The summed E-state index contributed by atoms with van der Waals surface area (Å²) >= 11 is 3.45. The van der Waals surface area contributed by atoms with Gasteiger partial charge in [0.2, 0.25) is 11.9 Å². The highest BCUT2D eigenvalue weighted by Crippen LogP contribution is 2.31. The molecule has 1 amide bonds. The molecule has 4 heterocycles. The van der Waals surface area contributed by atoms with Gasteiger partial charge in [0, 0.05) is 48.9 Å². The molecule has 0 unspecified atom stereocenters. The molecule has 0 radical (unpaired) electrons. The lowest BCUT2D eigenvalue weighted by molar-refractivity contribution is -0.135. The number of carbonyl (C=O) groups excluding carboxylic acids is 1. The van der Waals surface area contributed by atoms with Crippen molar-refractivity contribution >= 4 is 59.6 Å². The normalized spacial score (nSPS) is 21.5. The SMILES string of the molecule is O=C([C@@H]1CC[C@@H](Nc2ncc3c(Br)nn(-c4cc(F)c5ncccc5c4)c3n2)C1)N1CCS(=O)(=O)CC1. The number of carbonyl (C=O) groups is 1. The number of hydrogen-bond acceptors (Lipinski definition) is 8. The molecular weight excluding hydrogens is 565 g/mol. The predicted octanol–water partition coefficient (Wildman–Crippen LogP) is 3.10. The minimum Gasteiger partial charge on any atom is -0.351 e. The van der Waals surface area contributed by atoms with Crippen molar-refractivity contribution in [2.75, 3.05) is 29.9 Å². The van der Waals surface area contributed by atoms with Gasteiger partial charge in [-0.2, -0.15) is 10.1 Å². The summed E-state index contributed by atoms with van der Waals surface area (Å²) in [6, 6.07) is 6.72. The largest absolute Gasteiger partial charge is 0.351 e. The Bertz CT molecular complexity index is 1630. The molecular formula is C24H23BrFN7O3S. The van der Waals surface area contributed by atoms with E-state index in [1.54, 1.807) is 40.2 Å². The Morgan fingerprint density at radius 1 is 1.16 bits per heavy atom. The van der Waals surface area contributed by atoms with Crippen molar-refractivity contribution in [1.82, 2.24) is 29.6 Å². The minimum absolute atomic E-state index is 0.00363. The van der Waals surface area contributed by atoms with Gasteiger partial charge < -0.3 is 10.2 Å². The number of benzene rings is 1. The van der Waals surface area contributed by atoms with E-state index in [0.717, 1.165) is 12.8 Å². The molecule has 37 heavy (non-hydrogen) atoms. The molecule has 4 aromatic rings. The van der Waals surface area contributed by atoms with E-state index in [-0.39, 0.29) is 48.0 Å². The first-order valence-corrected chi connectivity index (χ1v) is 14.6. The highest BCUT2D eigenvalue weighted by Gasteiger charge is 2.35. The standard InChI is InChI=1S/C24H23BrFN7O3S/c25-21-18-13-28-24(29-16-4-3-15(10-16)23(34)32-6-8-37(35,36)9-7-32)30-22(18)33(31-21)17-11-14-2-1-5-27-20(14)19(26)12-17/h1-2,5,11-13,15-16H,3-4,6-10H2,(H,28,29,30)/t15-,16-/m1/s1. The number of amides is 1. The van der Waals surface area contributed by atoms with Crippen molar-refractivity contribution in [3.8, 4) is 5.69 Å². The lowest BCUT2D eigenvalue weighted by atomic mass is 10.1. The first kappa shape index (κ1) is 24.2. The molecule has 0 spiro atoms. The average molecular weight is 588 g/mol. The van der Waals surface area contributed by atoms with Gasteiger partial charge >= 0.3 is 0 Å². The van der Waals surface area contributed by atoms with Crippen LogP contribution in [0.5, 0.6) is 0 Å². The Morgan fingerprint density at radius 3 is 2.78 bits per heavy atom. The molecule has 10 nitrogen and oxygen atoms in total. The van der Waals surface area contributed by atoms with Gasteiger partial charge in [0.05, 0.1) is 22.6 Å². The summed E-state index contributed by atoms with van der Waals surface area (Å²) in [7, 11) is -3.03. The number of nitrogens with zero attached hydrogens (tertiary/aromatic N) is 6. The third-order valence-corrected chi connectivity index (χ3v) is 9.23. The van der Waals surface area contributed by atoms with Gasteiger partial charge in [-0.1, -0.05) is 6.07 Å². The van der Waals surface area contributed by atoms with Crippen LogP contribution in [0, 0.1) is 11.7 Å². The molecule has 2 atom stereocenters. The van der Waals surface area contributed by atoms with Gasteiger partial charge in [-0.05, 0) is 47.3 Å². The summed E-state index contributed by atoms with van der Waals surface area (Å²) in [6.45, 7) is 0.527. The highest BCUT2D eigenvalue weighted by molar-refractivity contribution is 9.10. The first-order valence-electron chi connectivity index (χ1n) is 12.0. The fraction of sp³-hybridized carbons (Fsp3) is 0.375. The topological polar surface area (TPSA) is 123 Å². The molecule has 192 valence electrons. The van der Waals surface area contributed by atoms with E-state index in [9.17, 15) is 17.6 Å². The second-order valence-electron chi connectivity index (χ2n) is 9.46. The summed E-state index contributed by atoms with van der Waals surface area (Å²) < 4.78 is 40.2. The van der Waals surface area contributed by atoms with Gasteiger partial charge in [0.1, 0.15) is 10.1 Å². The third kappa shape index (κ3) is 4.65. The minimum atomic E-state index is -3.03. The van der Waals surface area contributed by atoms with Crippen LogP contribution >= 0.6 is 15.9 Å². The van der Waals surface area contributed by atoms with Gasteiger partial charge in [0.25, 0.3) is 0 Å². The zero-order chi connectivity index (χ0) is 25.7. The van der Waals surface area contributed by atoms with Gasteiger partial charge in [-0.25, -0.2) is 22.5 Å². The smallest absolute Gasteiger partial charge is 0.225 e. The maximum absolute atomic E-state index is 14.7. The van der Waals surface area contributed by atoms with Crippen LogP contribution < -0.4 is 5.32 Å². The van der Waals surface area contributed by atoms with Crippen LogP contribution in [-0.2, 0) is 14.6 Å². The van der Waals surface area contributed by atoms with E-state index in [0.29, 0.717) is 39.1 Å². The number of anilines is 1. The van der Waals surface area contributed by atoms with Crippen LogP contribution in [0.1, 0.15) is 19.3 Å². The molecule has 1 saturated carbocycles. The van der Waals surface area contributed by atoms with E-state index < -0.39 is 15.7 Å². The van der Waals surface area contributed by atoms with Crippen LogP contribution in [0.4, 0.5) is 10.3 Å². The maximum atomic E-state index is 14.7. The average Bonchev–Trinajstić information content (AvgIpc) is 3.48. The number of halogens is 2. The van der Waals surface area contributed by atoms with Crippen molar-refractivity contribution in [1.29, 1.82) is 0 Å². The summed E-state index contributed by atoms with van der Waals surface area (Å²) in [6.07, 6.45) is 5.32. The number of hydrogen-bond donors (Lipinski definition) is 1. The van der Waals surface area contributed by atoms with Crippen LogP contribution in [0.25, 0.3) is 27.6 Å². The van der Waals surface area contributed by atoms with Crippen molar-refractivity contribution in [2.24, 2.45) is 5.92 Å². The van der Waals surface area contributed by atoms with E-state index >= 15 is 0 Å². The molecule has 2 fully saturated rings. The molecule has 1 aliphatic carbocycles. The first-order chi connectivity index (χ1) is 17.8. The molecule has 1 aromatic carbocycles. The lowest BCUT2D eigenvalue weighted by Gasteiger charge is -2.29. The summed E-state index contributed by atoms with van der Waals surface area (Å²) in [5, 5.41) is 9.16. The van der Waals surface area contributed by atoms with Gasteiger partial charge in [-0.15, -0.1) is 0 Å². The fourth-order valence-corrected chi connectivity index (χ4v) is 6.72. The van der Waals surface area contributed by atoms with Crippen molar-refractivity contribution in [2.45, 2.75) is 25.3 Å². The summed E-state index contributed by atoms with van der Waals surface area (Å²) in [4.78, 5) is 27.8. The molecule has 13 heteroatoms. The number of fused-ring (bicyclic) bond motifs is 2. The summed E-state index contributed by atoms with van der Waals surface area (Å²) in [5.74, 6) is -0.134. The molecule has 2 aliphatic rings. The second-order valence-corrected chi connectivity index (χ2v) is 12.5. The Morgan fingerprint density at radius 2 is 1.97 bits per heavy atom. The Hall–Kier alpha value is -3.19. The van der Waals surface area contributed by atoms with E-state index in [4.69, 9.17) is 0 Å². The number of aromatic nitrogens is 5. The van der Waals surface area contributed by atoms with E-state index in [1.807, 2.05) is 0 Å². The quantitative estimate of drug-likeness (QED) is 0.386. The molecule has 1 N–H and O–H groups in total. The molecule has 1 saturated heterocycles. The zero-order valence-electron chi connectivity index (χ0n) is 19.6. The third-order valence-electron chi connectivity index (χ3n) is 7.04. The molecule has 0 bridgehead atoms. The second kappa shape index (κ2) is 9.28. The predicted molar refractivity (Wildman–Crippen MR) is 140 cm³/mol. The Labute approximate surface area is 220 Å². The van der Waals surface area contributed by atoms with Crippen LogP contribution in [0.3, 0.4) is 0 Å². The van der Waals surface area contributed by atoms with E-state index in [2.05, 4.69) is 41.3 Å². The zero-order valence-corrected chi connectivity index (χ0v) is 22.0. The number of rotatable bonds is 4. The van der Waals surface area contributed by atoms with E-state index in [1.165, 1.54) is 6.07 Å². The number of pyridine rings is 1. The number of sulfone groups is 1.